The van der Waals surface area contributed by atoms with E-state index in [1.165, 1.54) is 12.1 Å². The van der Waals surface area contributed by atoms with Gasteiger partial charge in [-0.1, -0.05) is 17.3 Å². The number of benzene rings is 1. The highest BCUT2D eigenvalue weighted by molar-refractivity contribution is 7.99. The van der Waals surface area contributed by atoms with Crippen LogP contribution >= 0.6 is 11.8 Å². The second-order valence-electron chi connectivity index (χ2n) is 6.21. The number of aromatic nitrogens is 4. The standard InChI is InChI=1S/C20H22FN5OS/c21-17-8-6-16(7-9-17)4-2-15-28-20-18(5-1-10-23-20)19(27)22-11-3-13-26-14-12-24-25-26/h1,5-10,12,14H,2-4,11,13,15H2,(H,22,27). The van der Waals surface area contributed by atoms with Gasteiger partial charge in [0.15, 0.2) is 0 Å². The highest BCUT2D eigenvalue weighted by Crippen LogP contribution is 2.21. The third-order valence-corrected chi connectivity index (χ3v) is 5.19. The maximum atomic E-state index is 12.9. The van der Waals surface area contributed by atoms with Crippen molar-refractivity contribution in [3.63, 3.8) is 0 Å². The number of carbonyl (C=O) groups is 1. The number of nitrogens with one attached hydrogen (secondary N) is 1. The van der Waals surface area contributed by atoms with Crippen LogP contribution in [0.4, 0.5) is 4.39 Å². The summed E-state index contributed by atoms with van der Waals surface area (Å²) in [5.41, 5.74) is 1.70. The van der Waals surface area contributed by atoms with Crippen LogP contribution in [0.1, 0.15) is 28.8 Å². The van der Waals surface area contributed by atoms with Gasteiger partial charge in [-0.2, -0.15) is 0 Å². The van der Waals surface area contributed by atoms with Crippen LogP contribution in [0.15, 0.2) is 60.0 Å². The Morgan fingerprint density at radius 3 is 2.79 bits per heavy atom. The van der Waals surface area contributed by atoms with Crippen molar-refractivity contribution >= 4 is 17.7 Å². The number of aryl methyl sites for hydroxylation is 2. The summed E-state index contributed by atoms with van der Waals surface area (Å²) in [5, 5.41) is 11.3. The van der Waals surface area contributed by atoms with Gasteiger partial charge in [0, 0.05) is 25.5 Å². The molecule has 0 unspecified atom stereocenters. The molecule has 0 saturated carbocycles. The summed E-state index contributed by atoms with van der Waals surface area (Å²) in [4.78, 5) is 16.8. The van der Waals surface area contributed by atoms with E-state index in [0.29, 0.717) is 18.7 Å². The minimum atomic E-state index is -0.219. The van der Waals surface area contributed by atoms with Crippen molar-refractivity contribution in [3.05, 3.63) is 71.9 Å². The first-order valence-electron chi connectivity index (χ1n) is 9.17. The molecule has 0 aliphatic carbocycles. The SMILES string of the molecule is O=C(NCCCn1ccnn1)c1cccnc1SCCCc1ccc(F)cc1. The smallest absolute Gasteiger partial charge is 0.254 e. The second-order valence-corrected chi connectivity index (χ2v) is 7.29. The summed E-state index contributed by atoms with van der Waals surface area (Å²) in [5.74, 6) is 0.498. The average molecular weight is 399 g/mol. The van der Waals surface area contributed by atoms with Crippen LogP contribution in [0.5, 0.6) is 0 Å². The molecular weight excluding hydrogens is 377 g/mol. The van der Waals surface area contributed by atoms with Gasteiger partial charge in [-0.15, -0.1) is 16.9 Å². The van der Waals surface area contributed by atoms with Crippen LogP contribution in [0.2, 0.25) is 0 Å². The fourth-order valence-corrected chi connectivity index (χ4v) is 3.60. The van der Waals surface area contributed by atoms with E-state index in [0.717, 1.165) is 35.6 Å². The Balaban J connectivity index is 1.43. The first-order chi connectivity index (χ1) is 13.7. The molecule has 0 aliphatic rings. The topological polar surface area (TPSA) is 72.7 Å². The van der Waals surface area contributed by atoms with Crippen molar-refractivity contribution in [2.24, 2.45) is 0 Å². The predicted octanol–water partition coefficient (Wildman–Crippen LogP) is 3.36. The van der Waals surface area contributed by atoms with Crippen molar-refractivity contribution in [2.45, 2.75) is 30.8 Å². The molecule has 1 N–H and O–H groups in total. The van der Waals surface area contributed by atoms with Gasteiger partial charge in [-0.25, -0.2) is 9.37 Å². The largest absolute Gasteiger partial charge is 0.352 e. The predicted molar refractivity (Wildman–Crippen MR) is 107 cm³/mol. The summed E-state index contributed by atoms with van der Waals surface area (Å²) >= 11 is 1.57. The number of rotatable bonds is 10. The van der Waals surface area contributed by atoms with Crippen LogP contribution in [0.3, 0.4) is 0 Å². The molecule has 2 heterocycles. The number of halogens is 1. The fraction of sp³-hybridized carbons (Fsp3) is 0.300. The lowest BCUT2D eigenvalue weighted by molar-refractivity contribution is 0.0949. The summed E-state index contributed by atoms with van der Waals surface area (Å²) < 4.78 is 14.7. The Morgan fingerprint density at radius 2 is 2.00 bits per heavy atom. The highest BCUT2D eigenvalue weighted by atomic mass is 32.2. The Bertz CT molecular complexity index is 871. The van der Waals surface area contributed by atoms with E-state index < -0.39 is 0 Å². The Hall–Kier alpha value is -2.74. The zero-order chi connectivity index (χ0) is 19.6. The maximum absolute atomic E-state index is 12.9. The highest BCUT2D eigenvalue weighted by Gasteiger charge is 2.12. The van der Waals surface area contributed by atoms with Crippen molar-refractivity contribution < 1.29 is 9.18 Å². The van der Waals surface area contributed by atoms with Gasteiger partial charge in [0.25, 0.3) is 5.91 Å². The van der Waals surface area contributed by atoms with Gasteiger partial charge in [0.05, 0.1) is 11.8 Å². The summed E-state index contributed by atoms with van der Waals surface area (Å²) in [7, 11) is 0. The van der Waals surface area contributed by atoms with Crippen LogP contribution < -0.4 is 5.32 Å². The van der Waals surface area contributed by atoms with Gasteiger partial charge in [-0.05, 0) is 54.8 Å². The van der Waals surface area contributed by atoms with Crippen molar-refractivity contribution in [2.75, 3.05) is 12.3 Å². The number of nitrogens with zero attached hydrogens (tertiary/aromatic N) is 4. The van der Waals surface area contributed by atoms with Gasteiger partial charge < -0.3 is 5.32 Å². The molecule has 1 aromatic carbocycles. The Kier molecular flexibility index (Phi) is 7.54. The molecule has 146 valence electrons. The van der Waals surface area contributed by atoms with E-state index in [2.05, 4.69) is 20.6 Å². The lowest BCUT2D eigenvalue weighted by Crippen LogP contribution is -2.26. The Labute approximate surface area is 167 Å². The molecule has 0 bridgehead atoms. The van der Waals surface area contributed by atoms with Crippen LogP contribution in [-0.2, 0) is 13.0 Å². The van der Waals surface area contributed by atoms with E-state index >= 15 is 0 Å². The molecule has 0 saturated heterocycles. The zero-order valence-corrected chi connectivity index (χ0v) is 16.2. The molecular formula is C20H22FN5OS. The first kappa shape index (κ1) is 20.0. The molecule has 0 radical (unpaired) electrons. The maximum Gasteiger partial charge on any atom is 0.254 e. The van der Waals surface area contributed by atoms with E-state index in [1.54, 1.807) is 59.3 Å². The van der Waals surface area contributed by atoms with Crippen molar-refractivity contribution in [1.82, 2.24) is 25.3 Å². The third-order valence-electron chi connectivity index (χ3n) is 4.10. The fourth-order valence-electron chi connectivity index (χ4n) is 2.67. The molecule has 0 fully saturated rings. The second kappa shape index (κ2) is 10.6. The number of hydrogen-bond acceptors (Lipinski definition) is 5. The number of pyridine rings is 1. The lowest BCUT2D eigenvalue weighted by atomic mass is 10.1. The van der Waals surface area contributed by atoms with Gasteiger partial charge in [0.2, 0.25) is 0 Å². The quantitative estimate of drug-likeness (QED) is 0.418. The average Bonchev–Trinajstić information content (AvgIpc) is 3.23. The Morgan fingerprint density at radius 1 is 1.14 bits per heavy atom. The van der Waals surface area contributed by atoms with E-state index in [9.17, 15) is 9.18 Å². The lowest BCUT2D eigenvalue weighted by Gasteiger charge is -2.09. The molecule has 3 rings (SSSR count). The molecule has 1 amide bonds. The third kappa shape index (κ3) is 6.16. The number of amides is 1. The monoisotopic (exact) mass is 399 g/mol. The minimum Gasteiger partial charge on any atom is -0.352 e. The van der Waals surface area contributed by atoms with Gasteiger partial charge in [0.1, 0.15) is 10.8 Å². The number of hydrogen-bond donors (Lipinski definition) is 1. The van der Waals surface area contributed by atoms with Gasteiger partial charge >= 0.3 is 0 Å². The van der Waals surface area contributed by atoms with E-state index in [1.807, 2.05) is 0 Å². The van der Waals surface area contributed by atoms with Crippen LogP contribution in [0, 0.1) is 5.82 Å². The molecule has 6 nitrogen and oxygen atoms in total. The molecule has 3 aromatic rings. The van der Waals surface area contributed by atoms with Crippen LogP contribution in [-0.4, -0.2) is 38.2 Å². The van der Waals surface area contributed by atoms with Crippen molar-refractivity contribution in [3.8, 4) is 0 Å². The molecule has 2 aromatic heterocycles. The van der Waals surface area contributed by atoms with E-state index in [-0.39, 0.29) is 11.7 Å². The summed E-state index contributed by atoms with van der Waals surface area (Å²) in [6.07, 6.45) is 7.69. The normalized spacial score (nSPS) is 10.8. The molecule has 0 aliphatic heterocycles. The van der Waals surface area contributed by atoms with Crippen LogP contribution in [0.25, 0.3) is 0 Å². The zero-order valence-electron chi connectivity index (χ0n) is 15.4. The number of carbonyl (C=O) groups excluding carboxylic acids is 1. The molecule has 8 heteroatoms. The molecule has 28 heavy (non-hydrogen) atoms. The van der Waals surface area contributed by atoms with E-state index in [4.69, 9.17) is 0 Å². The molecule has 0 atom stereocenters. The number of thioether (sulfide) groups is 1. The summed E-state index contributed by atoms with van der Waals surface area (Å²) in [6, 6.07) is 10.1. The minimum absolute atomic E-state index is 0.118. The van der Waals surface area contributed by atoms with Gasteiger partial charge in [-0.3, -0.25) is 9.48 Å². The molecule has 0 spiro atoms. The first-order valence-corrected chi connectivity index (χ1v) is 10.2. The summed E-state index contributed by atoms with van der Waals surface area (Å²) in [6.45, 7) is 1.26. The van der Waals surface area contributed by atoms with Crippen molar-refractivity contribution in [1.29, 1.82) is 0 Å².